The van der Waals surface area contributed by atoms with Gasteiger partial charge >= 0.3 is 0 Å². The summed E-state index contributed by atoms with van der Waals surface area (Å²) >= 11 is 0. The number of nitrogens with zero attached hydrogens (tertiary/aromatic N) is 2. The van der Waals surface area contributed by atoms with Crippen molar-refractivity contribution in [3.8, 4) is 6.07 Å². The van der Waals surface area contributed by atoms with Gasteiger partial charge in [-0.25, -0.2) is 0 Å². The van der Waals surface area contributed by atoms with Gasteiger partial charge in [-0.3, -0.25) is 0 Å². The van der Waals surface area contributed by atoms with Gasteiger partial charge in [0.1, 0.15) is 0 Å². The number of nitriles is 1. The molecule has 82 valence electrons. The summed E-state index contributed by atoms with van der Waals surface area (Å²) in [4.78, 5) is 2.43. The highest BCUT2D eigenvalue weighted by atomic mass is 15.1. The van der Waals surface area contributed by atoms with E-state index in [9.17, 15) is 0 Å². The molecule has 0 saturated heterocycles. The summed E-state index contributed by atoms with van der Waals surface area (Å²) < 4.78 is 0. The standard InChI is InChI=1S/C11H23N3/c1-4-14(5-2)10-6-7-11(3)13-9-8-12/h11,13H,4-7,9-10H2,1-3H3. The van der Waals surface area contributed by atoms with E-state index in [0.717, 1.165) is 19.5 Å². The van der Waals surface area contributed by atoms with Crippen molar-refractivity contribution in [3.63, 3.8) is 0 Å². The third kappa shape index (κ3) is 6.88. The van der Waals surface area contributed by atoms with Gasteiger partial charge in [0.2, 0.25) is 0 Å². The van der Waals surface area contributed by atoms with Crippen LogP contribution in [0.2, 0.25) is 0 Å². The van der Waals surface area contributed by atoms with E-state index >= 15 is 0 Å². The molecule has 0 saturated carbocycles. The van der Waals surface area contributed by atoms with Gasteiger partial charge in [-0.15, -0.1) is 0 Å². The Morgan fingerprint density at radius 3 is 2.50 bits per heavy atom. The van der Waals surface area contributed by atoms with Crippen molar-refractivity contribution in [2.45, 2.75) is 39.7 Å². The predicted octanol–water partition coefficient (Wildman–Crippen LogP) is 1.61. The minimum absolute atomic E-state index is 0.463. The van der Waals surface area contributed by atoms with Crippen LogP contribution in [-0.4, -0.2) is 37.1 Å². The van der Waals surface area contributed by atoms with Gasteiger partial charge in [0.25, 0.3) is 0 Å². The average Bonchev–Trinajstić information content (AvgIpc) is 2.21. The van der Waals surface area contributed by atoms with Crippen molar-refractivity contribution in [2.75, 3.05) is 26.2 Å². The molecule has 0 spiro atoms. The summed E-state index contributed by atoms with van der Waals surface area (Å²) in [5.74, 6) is 0. The third-order valence-electron chi connectivity index (χ3n) is 2.54. The van der Waals surface area contributed by atoms with Crippen LogP contribution in [0.3, 0.4) is 0 Å². The summed E-state index contributed by atoms with van der Waals surface area (Å²) in [6.45, 7) is 10.4. The Morgan fingerprint density at radius 1 is 1.36 bits per heavy atom. The molecule has 0 heterocycles. The summed E-state index contributed by atoms with van der Waals surface area (Å²) in [6.07, 6.45) is 2.36. The van der Waals surface area contributed by atoms with Crippen LogP contribution in [0, 0.1) is 11.3 Å². The van der Waals surface area contributed by atoms with Gasteiger partial charge in [-0.05, 0) is 39.4 Å². The van der Waals surface area contributed by atoms with Crippen molar-refractivity contribution in [1.29, 1.82) is 5.26 Å². The van der Waals surface area contributed by atoms with Crippen molar-refractivity contribution in [3.05, 3.63) is 0 Å². The highest BCUT2D eigenvalue weighted by Gasteiger charge is 2.02. The first-order valence-corrected chi connectivity index (χ1v) is 5.57. The largest absolute Gasteiger partial charge is 0.304 e. The second-order valence-corrected chi connectivity index (χ2v) is 3.61. The Balaban J connectivity index is 3.38. The summed E-state index contributed by atoms with van der Waals surface area (Å²) in [5.41, 5.74) is 0. The van der Waals surface area contributed by atoms with Gasteiger partial charge < -0.3 is 10.2 Å². The van der Waals surface area contributed by atoms with Crippen molar-refractivity contribution in [2.24, 2.45) is 0 Å². The van der Waals surface area contributed by atoms with Gasteiger partial charge in [0, 0.05) is 6.04 Å². The Labute approximate surface area is 88.1 Å². The van der Waals surface area contributed by atoms with E-state index in [2.05, 4.69) is 37.1 Å². The van der Waals surface area contributed by atoms with E-state index in [1.165, 1.54) is 13.0 Å². The maximum absolute atomic E-state index is 8.38. The first-order valence-electron chi connectivity index (χ1n) is 5.57. The van der Waals surface area contributed by atoms with Crippen LogP contribution in [0.1, 0.15) is 33.6 Å². The average molecular weight is 197 g/mol. The number of hydrogen-bond acceptors (Lipinski definition) is 3. The van der Waals surface area contributed by atoms with E-state index in [1.807, 2.05) is 0 Å². The molecule has 0 aliphatic heterocycles. The highest BCUT2D eigenvalue weighted by Crippen LogP contribution is 1.98. The lowest BCUT2D eigenvalue weighted by molar-refractivity contribution is 0.291. The minimum atomic E-state index is 0.463. The summed E-state index contributed by atoms with van der Waals surface area (Å²) in [6, 6.07) is 2.56. The van der Waals surface area contributed by atoms with Crippen LogP contribution >= 0.6 is 0 Å². The second kappa shape index (κ2) is 8.98. The fraction of sp³-hybridized carbons (Fsp3) is 0.909. The van der Waals surface area contributed by atoms with Gasteiger partial charge in [0.05, 0.1) is 12.6 Å². The molecular formula is C11H23N3. The van der Waals surface area contributed by atoms with Crippen LogP contribution in [0.4, 0.5) is 0 Å². The Bertz CT molecular complexity index is 158. The SMILES string of the molecule is CCN(CC)CCCC(C)NCC#N. The van der Waals surface area contributed by atoms with Crippen molar-refractivity contribution < 1.29 is 0 Å². The van der Waals surface area contributed by atoms with E-state index in [0.29, 0.717) is 12.6 Å². The fourth-order valence-corrected chi connectivity index (χ4v) is 1.48. The van der Waals surface area contributed by atoms with E-state index in [4.69, 9.17) is 5.26 Å². The minimum Gasteiger partial charge on any atom is -0.304 e. The molecule has 14 heavy (non-hydrogen) atoms. The zero-order chi connectivity index (χ0) is 10.8. The molecule has 0 rings (SSSR count). The zero-order valence-electron chi connectivity index (χ0n) is 9.71. The number of nitrogens with one attached hydrogen (secondary N) is 1. The maximum atomic E-state index is 8.38. The van der Waals surface area contributed by atoms with Gasteiger partial charge in [0.15, 0.2) is 0 Å². The molecule has 0 aromatic rings. The van der Waals surface area contributed by atoms with Crippen LogP contribution in [0.25, 0.3) is 0 Å². The Morgan fingerprint density at radius 2 is 2.00 bits per heavy atom. The molecule has 1 atom stereocenters. The van der Waals surface area contributed by atoms with E-state index in [1.54, 1.807) is 0 Å². The monoisotopic (exact) mass is 197 g/mol. The molecule has 1 N–H and O–H groups in total. The first kappa shape index (κ1) is 13.4. The molecule has 3 nitrogen and oxygen atoms in total. The first-order chi connectivity index (χ1) is 6.74. The van der Waals surface area contributed by atoms with Gasteiger partial charge in [-0.2, -0.15) is 5.26 Å². The van der Waals surface area contributed by atoms with Crippen LogP contribution in [0.15, 0.2) is 0 Å². The Kier molecular flexibility index (Phi) is 8.61. The molecular weight excluding hydrogens is 174 g/mol. The molecule has 0 fully saturated rings. The molecule has 0 aromatic heterocycles. The number of rotatable bonds is 8. The lowest BCUT2D eigenvalue weighted by atomic mass is 10.2. The van der Waals surface area contributed by atoms with Crippen LogP contribution in [0.5, 0.6) is 0 Å². The molecule has 0 amide bonds. The van der Waals surface area contributed by atoms with Crippen molar-refractivity contribution in [1.82, 2.24) is 10.2 Å². The quantitative estimate of drug-likeness (QED) is 0.601. The lowest BCUT2D eigenvalue weighted by Crippen LogP contribution is -2.29. The molecule has 0 radical (unpaired) electrons. The Hall–Kier alpha value is -0.590. The maximum Gasteiger partial charge on any atom is 0.0842 e. The molecule has 0 aliphatic carbocycles. The molecule has 1 unspecified atom stereocenters. The topological polar surface area (TPSA) is 39.1 Å². The van der Waals surface area contributed by atoms with E-state index < -0.39 is 0 Å². The normalized spacial score (nSPS) is 12.8. The lowest BCUT2D eigenvalue weighted by Gasteiger charge is -2.19. The van der Waals surface area contributed by atoms with E-state index in [-0.39, 0.29) is 0 Å². The molecule has 0 bridgehead atoms. The number of hydrogen-bond donors (Lipinski definition) is 1. The second-order valence-electron chi connectivity index (χ2n) is 3.61. The summed E-state index contributed by atoms with van der Waals surface area (Å²) in [7, 11) is 0. The molecule has 0 aromatic carbocycles. The third-order valence-corrected chi connectivity index (χ3v) is 2.54. The highest BCUT2D eigenvalue weighted by molar-refractivity contribution is 4.75. The molecule has 0 aliphatic rings. The summed E-state index contributed by atoms with van der Waals surface area (Å²) in [5, 5.41) is 11.5. The van der Waals surface area contributed by atoms with Gasteiger partial charge in [-0.1, -0.05) is 13.8 Å². The van der Waals surface area contributed by atoms with Crippen molar-refractivity contribution >= 4 is 0 Å². The molecule has 3 heteroatoms. The zero-order valence-corrected chi connectivity index (χ0v) is 9.71. The fourth-order valence-electron chi connectivity index (χ4n) is 1.48. The van der Waals surface area contributed by atoms with Crippen LogP contribution < -0.4 is 5.32 Å². The van der Waals surface area contributed by atoms with Crippen LogP contribution in [-0.2, 0) is 0 Å². The smallest absolute Gasteiger partial charge is 0.0842 e. The predicted molar refractivity (Wildman–Crippen MR) is 60.1 cm³/mol.